The molecule has 0 saturated heterocycles. The van der Waals surface area contributed by atoms with E-state index in [2.05, 4.69) is 19.1 Å². The van der Waals surface area contributed by atoms with Crippen LogP contribution in [-0.2, 0) is 12.8 Å². The van der Waals surface area contributed by atoms with Crippen LogP contribution in [0, 0.1) is 22.7 Å². The molecule has 0 fully saturated rings. The summed E-state index contributed by atoms with van der Waals surface area (Å²) in [7, 11) is 0. The lowest BCUT2D eigenvalue weighted by Crippen LogP contribution is -2.23. The van der Waals surface area contributed by atoms with Crippen LogP contribution in [0.15, 0.2) is 48.5 Å². The second kappa shape index (κ2) is 10.8. The number of nitrogens with zero attached hydrogens (tertiary/aromatic N) is 2. The molecule has 0 aliphatic heterocycles. The molecule has 4 heteroatoms. The molecule has 0 amide bonds. The molecule has 0 heterocycles. The summed E-state index contributed by atoms with van der Waals surface area (Å²) >= 11 is 0. The van der Waals surface area contributed by atoms with Gasteiger partial charge in [-0.2, -0.15) is 10.5 Å². The van der Waals surface area contributed by atoms with Crippen molar-refractivity contribution in [1.82, 2.24) is 0 Å². The Labute approximate surface area is 155 Å². The van der Waals surface area contributed by atoms with Gasteiger partial charge in [-0.25, -0.2) is 0 Å². The predicted molar refractivity (Wildman–Crippen MR) is 101 cm³/mol. The van der Waals surface area contributed by atoms with Gasteiger partial charge < -0.3 is 9.47 Å². The maximum atomic E-state index is 8.65. The molecule has 0 atom stereocenters. The van der Waals surface area contributed by atoms with Crippen molar-refractivity contribution in [1.29, 1.82) is 10.5 Å². The normalized spacial score (nSPS) is 10.2. The van der Waals surface area contributed by atoms with E-state index >= 15 is 0 Å². The third-order valence-corrected chi connectivity index (χ3v) is 3.96. The van der Waals surface area contributed by atoms with Gasteiger partial charge in [-0.3, -0.25) is 0 Å². The summed E-state index contributed by atoms with van der Waals surface area (Å²) in [6.07, 6.45) is 3.93. The van der Waals surface area contributed by atoms with Crippen LogP contribution in [0.2, 0.25) is 0 Å². The second-order valence-corrected chi connectivity index (χ2v) is 6.06. The topological polar surface area (TPSA) is 66.0 Å². The highest BCUT2D eigenvalue weighted by atomic mass is 16.7. The van der Waals surface area contributed by atoms with Crippen molar-refractivity contribution in [3.8, 4) is 23.6 Å². The minimum atomic E-state index is -0.352. The third kappa shape index (κ3) is 6.49. The van der Waals surface area contributed by atoms with Crippen LogP contribution in [-0.4, -0.2) is 6.29 Å². The Morgan fingerprint density at radius 1 is 0.769 bits per heavy atom. The summed E-state index contributed by atoms with van der Waals surface area (Å²) in [5.41, 5.74) is 2.25. The van der Waals surface area contributed by atoms with Gasteiger partial charge in [-0.05, 0) is 54.7 Å². The number of aryl methyl sites for hydroxylation is 2. The molecule has 0 aliphatic rings. The molecule has 26 heavy (non-hydrogen) atoms. The average molecular weight is 348 g/mol. The van der Waals surface area contributed by atoms with Gasteiger partial charge in [0.2, 0.25) is 6.29 Å². The zero-order chi connectivity index (χ0) is 18.6. The highest BCUT2D eigenvalue weighted by Crippen LogP contribution is 2.20. The number of hydrogen-bond acceptors (Lipinski definition) is 4. The van der Waals surface area contributed by atoms with Crippen molar-refractivity contribution in [3.63, 3.8) is 0 Å². The van der Waals surface area contributed by atoms with E-state index in [1.54, 1.807) is 0 Å². The van der Waals surface area contributed by atoms with Gasteiger partial charge in [-0.15, -0.1) is 0 Å². The maximum Gasteiger partial charge on any atom is 0.241 e. The van der Waals surface area contributed by atoms with E-state index in [9.17, 15) is 0 Å². The van der Waals surface area contributed by atoms with E-state index in [0.29, 0.717) is 12.8 Å². The summed E-state index contributed by atoms with van der Waals surface area (Å²) in [5, 5.41) is 17.3. The first-order chi connectivity index (χ1) is 12.7. The van der Waals surface area contributed by atoms with E-state index in [1.807, 2.05) is 48.5 Å². The lowest BCUT2D eigenvalue weighted by atomic mass is 10.1. The molecule has 2 aromatic rings. The van der Waals surface area contributed by atoms with Gasteiger partial charge in [0.15, 0.2) is 0 Å². The molecule has 0 aliphatic carbocycles. The van der Waals surface area contributed by atoms with E-state index < -0.39 is 0 Å². The quantitative estimate of drug-likeness (QED) is 0.555. The molecule has 0 N–H and O–H groups in total. The predicted octanol–water partition coefficient (Wildman–Crippen LogP) is 5.18. The lowest BCUT2D eigenvalue weighted by Gasteiger charge is -2.20. The van der Waals surface area contributed by atoms with Crippen LogP contribution in [0.5, 0.6) is 11.5 Å². The summed E-state index contributed by atoms with van der Waals surface area (Å²) in [6.45, 7) is 2.09. The van der Waals surface area contributed by atoms with Crippen molar-refractivity contribution in [2.24, 2.45) is 0 Å². The Bertz CT molecular complexity index is 676. The molecule has 4 nitrogen and oxygen atoms in total. The summed E-state index contributed by atoms with van der Waals surface area (Å²) in [6, 6.07) is 19.9. The SMILES string of the molecule is CCCC(Oc1ccc(CCC#N)cc1)Oc1ccc(CCC#N)cc1. The molecule has 0 aromatic heterocycles. The Morgan fingerprint density at radius 2 is 1.19 bits per heavy atom. The minimum absolute atomic E-state index is 0.352. The maximum absolute atomic E-state index is 8.65. The summed E-state index contributed by atoms with van der Waals surface area (Å²) < 4.78 is 12.0. The second-order valence-electron chi connectivity index (χ2n) is 6.06. The van der Waals surface area contributed by atoms with Gasteiger partial charge in [-0.1, -0.05) is 31.2 Å². The highest BCUT2D eigenvalue weighted by molar-refractivity contribution is 5.29. The Kier molecular flexibility index (Phi) is 8.03. The monoisotopic (exact) mass is 348 g/mol. The first-order valence-electron chi connectivity index (χ1n) is 9.00. The molecular weight excluding hydrogens is 324 g/mol. The van der Waals surface area contributed by atoms with Crippen molar-refractivity contribution in [2.45, 2.75) is 51.7 Å². The van der Waals surface area contributed by atoms with Crippen molar-refractivity contribution >= 4 is 0 Å². The average Bonchev–Trinajstić information content (AvgIpc) is 2.67. The number of ether oxygens (including phenoxy) is 2. The van der Waals surface area contributed by atoms with E-state index in [4.69, 9.17) is 20.0 Å². The van der Waals surface area contributed by atoms with Gasteiger partial charge in [0, 0.05) is 19.3 Å². The van der Waals surface area contributed by atoms with Crippen molar-refractivity contribution in [3.05, 3.63) is 59.7 Å². The Morgan fingerprint density at radius 3 is 1.54 bits per heavy atom. The van der Waals surface area contributed by atoms with Gasteiger partial charge in [0.25, 0.3) is 0 Å². The fraction of sp³-hybridized carbons (Fsp3) is 0.364. The first-order valence-corrected chi connectivity index (χ1v) is 9.00. The van der Waals surface area contributed by atoms with Crippen LogP contribution in [0.4, 0.5) is 0 Å². The largest absolute Gasteiger partial charge is 0.455 e. The zero-order valence-electron chi connectivity index (χ0n) is 15.1. The molecule has 0 unspecified atom stereocenters. The van der Waals surface area contributed by atoms with E-state index in [0.717, 1.165) is 48.3 Å². The fourth-order valence-electron chi connectivity index (χ4n) is 2.55. The number of benzene rings is 2. The minimum Gasteiger partial charge on any atom is -0.455 e. The van der Waals surface area contributed by atoms with E-state index in [-0.39, 0.29) is 6.29 Å². The third-order valence-electron chi connectivity index (χ3n) is 3.96. The zero-order valence-corrected chi connectivity index (χ0v) is 15.1. The van der Waals surface area contributed by atoms with Crippen LogP contribution in [0.3, 0.4) is 0 Å². The molecule has 0 spiro atoms. The van der Waals surface area contributed by atoms with Crippen LogP contribution in [0.25, 0.3) is 0 Å². The van der Waals surface area contributed by atoms with Crippen LogP contribution in [0.1, 0.15) is 43.7 Å². The van der Waals surface area contributed by atoms with Crippen LogP contribution < -0.4 is 9.47 Å². The fourth-order valence-corrected chi connectivity index (χ4v) is 2.55. The smallest absolute Gasteiger partial charge is 0.241 e. The highest BCUT2D eigenvalue weighted by Gasteiger charge is 2.11. The summed E-state index contributed by atoms with van der Waals surface area (Å²) in [4.78, 5) is 0. The van der Waals surface area contributed by atoms with Crippen molar-refractivity contribution < 1.29 is 9.47 Å². The Balaban J connectivity index is 1.95. The standard InChI is InChI=1S/C22H24N2O2/c1-2-5-22(25-20-12-8-18(9-13-20)6-3-16-23)26-21-14-10-19(11-15-21)7-4-17-24/h8-15,22H,2-7H2,1H3. The molecule has 0 radical (unpaired) electrons. The Hall–Kier alpha value is -2.98. The van der Waals surface area contributed by atoms with Gasteiger partial charge >= 0.3 is 0 Å². The van der Waals surface area contributed by atoms with Crippen LogP contribution >= 0.6 is 0 Å². The number of nitriles is 2. The van der Waals surface area contributed by atoms with Gasteiger partial charge in [0.05, 0.1) is 12.1 Å². The molecule has 2 rings (SSSR count). The number of hydrogen-bond donors (Lipinski definition) is 0. The first kappa shape index (κ1) is 19.3. The summed E-state index contributed by atoms with van der Waals surface area (Å²) in [5.74, 6) is 1.52. The molecular formula is C22H24N2O2. The molecule has 0 saturated carbocycles. The number of rotatable bonds is 10. The van der Waals surface area contributed by atoms with Gasteiger partial charge in [0.1, 0.15) is 11.5 Å². The van der Waals surface area contributed by atoms with E-state index in [1.165, 1.54) is 0 Å². The molecule has 134 valence electrons. The molecule has 0 bridgehead atoms. The molecule has 2 aromatic carbocycles. The lowest BCUT2D eigenvalue weighted by molar-refractivity contribution is -0.00106. The van der Waals surface area contributed by atoms with Crippen molar-refractivity contribution in [2.75, 3.05) is 0 Å².